The second kappa shape index (κ2) is 10.1. The van der Waals surface area contributed by atoms with E-state index in [-0.39, 0.29) is 18.2 Å². The normalized spacial score (nSPS) is 16.3. The van der Waals surface area contributed by atoms with Gasteiger partial charge in [-0.25, -0.2) is 0 Å². The van der Waals surface area contributed by atoms with Crippen LogP contribution in [0.1, 0.15) is 12.0 Å². The number of amides is 2. The van der Waals surface area contributed by atoms with Gasteiger partial charge in [-0.2, -0.15) is 0 Å². The Hall–Kier alpha value is -3.06. The number of imide groups is 1. The van der Waals surface area contributed by atoms with Gasteiger partial charge in [0.2, 0.25) is 11.8 Å². The number of carbonyl (C=O) groups is 2. The first-order valence-electron chi connectivity index (χ1n) is 9.96. The average Bonchev–Trinajstić information content (AvgIpc) is 3.06. The Morgan fingerprint density at radius 2 is 1.77 bits per heavy atom. The van der Waals surface area contributed by atoms with Crippen molar-refractivity contribution in [2.45, 2.75) is 18.9 Å². The van der Waals surface area contributed by atoms with Gasteiger partial charge < -0.3 is 14.2 Å². The summed E-state index contributed by atoms with van der Waals surface area (Å²) in [4.78, 5) is 28.5. The first-order chi connectivity index (χ1) is 14.5. The molecule has 0 aliphatic carbocycles. The average molecular weight is 412 g/mol. The molecule has 7 heteroatoms. The first kappa shape index (κ1) is 21.6. The Balaban J connectivity index is 1.52. The van der Waals surface area contributed by atoms with E-state index in [1.54, 1.807) is 14.2 Å². The summed E-state index contributed by atoms with van der Waals surface area (Å²) in [6.07, 6.45) is 0.762. The van der Waals surface area contributed by atoms with Crippen molar-refractivity contribution in [2.24, 2.45) is 0 Å². The summed E-state index contributed by atoms with van der Waals surface area (Å²) in [5.41, 5.74) is 0.973. The molecule has 1 saturated heterocycles. The van der Waals surface area contributed by atoms with E-state index in [4.69, 9.17) is 14.2 Å². The minimum absolute atomic E-state index is 0.138. The Morgan fingerprint density at radius 3 is 2.47 bits per heavy atom. The van der Waals surface area contributed by atoms with Crippen molar-refractivity contribution in [1.29, 1.82) is 0 Å². The Labute approximate surface area is 177 Å². The third-order valence-electron chi connectivity index (χ3n) is 5.28. The maximum Gasteiger partial charge on any atom is 0.247 e. The van der Waals surface area contributed by atoms with Crippen LogP contribution in [0.2, 0.25) is 0 Å². The van der Waals surface area contributed by atoms with Crippen molar-refractivity contribution in [3.63, 3.8) is 0 Å². The minimum Gasteiger partial charge on any atom is -0.493 e. The summed E-state index contributed by atoms with van der Waals surface area (Å²) in [6.45, 7) is 1.35. The van der Waals surface area contributed by atoms with Gasteiger partial charge in [-0.05, 0) is 43.3 Å². The van der Waals surface area contributed by atoms with Crippen molar-refractivity contribution in [2.75, 3.05) is 41.0 Å². The zero-order chi connectivity index (χ0) is 21.5. The molecular formula is C23H28N2O5. The van der Waals surface area contributed by atoms with Gasteiger partial charge in [0.1, 0.15) is 12.4 Å². The van der Waals surface area contributed by atoms with Crippen LogP contribution >= 0.6 is 0 Å². The van der Waals surface area contributed by atoms with Gasteiger partial charge in [0.15, 0.2) is 11.5 Å². The fourth-order valence-corrected chi connectivity index (χ4v) is 3.50. The van der Waals surface area contributed by atoms with Gasteiger partial charge in [-0.1, -0.05) is 24.3 Å². The predicted octanol–water partition coefficient (Wildman–Crippen LogP) is 2.38. The number of hydrogen-bond donors (Lipinski definition) is 0. The fourth-order valence-electron chi connectivity index (χ4n) is 3.50. The first-order valence-corrected chi connectivity index (χ1v) is 9.96. The largest absolute Gasteiger partial charge is 0.493 e. The molecule has 0 N–H and O–H groups in total. The van der Waals surface area contributed by atoms with E-state index in [2.05, 4.69) is 0 Å². The van der Waals surface area contributed by atoms with Gasteiger partial charge in [-0.15, -0.1) is 0 Å². The molecule has 1 heterocycles. The highest BCUT2D eigenvalue weighted by molar-refractivity contribution is 6.05. The molecule has 1 fully saturated rings. The molecule has 0 unspecified atom stereocenters. The highest BCUT2D eigenvalue weighted by Crippen LogP contribution is 2.28. The van der Waals surface area contributed by atoms with Crippen LogP contribution in [0.25, 0.3) is 0 Å². The molecule has 0 aromatic heterocycles. The molecule has 0 bridgehead atoms. The fraction of sp³-hybridized carbons (Fsp3) is 0.391. The number of nitrogens with zero attached hydrogens (tertiary/aromatic N) is 2. The van der Waals surface area contributed by atoms with E-state index in [1.165, 1.54) is 4.90 Å². The number of hydrogen-bond acceptors (Lipinski definition) is 6. The lowest BCUT2D eigenvalue weighted by Crippen LogP contribution is -2.42. The Kier molecular flexibility index (Phi) is 7.30. The van der Waals surface area contributed by atoms with Crippen molar-refractivity contribution < 1.29 is 23.8 Å². The molecule has 2 amide bonds. The molecular weight excluding hydrogens is 384 g/mol. The van der Waals surface area contributed by atoms with E-state index in [0.29, 0.717) is 37.6 Å². The van der Waals surface area contributed by atoms with E-state index in [9.17, 15) is 9.59 Å². The highest BCUT2D eigenvalue weighted by atomic mass is 16.5. The molecule has 1 aliphatic heterocycles. The van der Waals surface area contributed by atoms with E-state index in [1.807, 2.05) is 60.5 Å². The smallest absolute Gasteiger partial charge is 0.247 e. The van der Waals surface area contributed by atoms with Crippen molar-refractivity contribution in [3.05, 3.63) is 54.1 Å². The van der Waals surface area contributed by atoms with Gasteiger partial charge in [0.25, 0.3) is 0 Å². The van der Waals surface area contributed by atoms with Crippen LogP contribution in [-0.2, 0) is 16.0 Å². The molecule has 1 aliphatic rings. The molecule has 160 valence electrons. The van der Waals surface area contributed by atoms with E-state index >= 15 is 0 Å². The van der Waals surface area contributed by atoms with Crippen LogP contribution < -0.4 is 14.2 Å². The third kappa shape index (κ3) is 5.10. The van der Waals surface area contributed by atoms with Crippen molar-refractivity contribution in [1.82, 2.24) is 9.80 Å². The standard InChI is InChI=1S/C23H28N2O5/c1-24(13-14-30-18-7-5-4-6-8-18)19-16-22(26)25(23(19)27)12-11-17-9-10-20(28-2)21(15-17)29-3/h4-10,15,19H,11-14,16H2,1-3H3/t19-/m0/s1. The quantitative estimate of drug-likeness (QED) is 0.558. The second-order valence-corrected chi connectivity index (χ2v) is 7.18. The molecule has 0 saturated carbocycles. The number of ether oxygens (including phenoxy) is 3. The van der Waals surface area contributed by atoms with Gasteiger partial charge in [0.05, 0.1) is 26.7 Å². The number of rotatable bonds is 10. The molecule has 3 rings (SSSR count). The lowest BCUT2D eigenvalue weighted by atomic mass is 10.1. The summed E-state index contributed by atoms with van der Waals surface area (Å²) in [6, 6.07) is 14.7. The molecule has 2 aromatic rings. The lowest BCUT2D eigenvalue weighted by Gasteiger charge is -2.23. The number of likely N-dealkylation sites (tertiary alicyclic amines) is 1. The zero-order valence-corrected chi connectivity index (χ0v) is 17.7. The van der Waals surface area contributed by atoms with Crippen molar-refractivity contribution >= 4 is 11.8 Å². The summed E-state index contributed by atoms with van der Waals surface area (Å²) in [7, 11) is 5.01. The van der Waals surface area contributed by atoms with E-state index in [0.717, 1.165) is 11.3 Å². The molecule has 0 radical (unpaired) electrons. The Morgan fingerprint density at radius 1 is 1.03 bits per heavy atom. The summed E-state index contributed by atoms with van der Waals surface area (Å²) < 4.78 is 16.3. The predicted molar refractivity (Wildman–Crippen MR) is 113 cm³/mol. The van der Waals surface area contributed by atoms with Gasteiger partial charge in [-0.3, -0.25) is 19.4 Å². The molecule has 1 atom stereocenters. The molecule has 7 nitrogen and oxygen atoms in total. The summed E-state index contributed by atoms with van der Waals surface area (Å²) in [5, 5.41) is 0. The summed E-state index contributed by atoms with van der Waals surface area (Å²) >= 11 is 0. The Bertz CT molecular complexity index is 871. The van der Waals surface area contributed by atoms with Crippen LogP contribution in [0, 0.1) is 0 Å². The van der Waals surface area contributed by atoms with Crippen LogP contribution in [0.5, 0.6) is 17.2 Å². The SMILES string of the molecule is COc1ccc(CCN2C(=O)C[C@H](N(C)CCOc3ccccc3)C2=O)cc1OC. The van der Waals surface area contributed by atoms with Gasteiger partial charge >= 0.3 is 0 Å². The zero-order valence-electron chi connectivity index (χ0n) is 17.7. The molecule has 0 spiro atoms. The number of carbonyl (C=O) groups excluding carboxylic acids is 2. The van der Waals surface area contributed by atoms with Crippen LogP contribution in [0.4, 0.5) is 0 Å². The number of methoxy groups -OCH3 is 2. The minimum atomic E-state index is -0.442. The van der Waals surface area contributed by atoms with Crippen LogP contribution in [0.3, 0.4) is 0 Å². The third-order valence-corrected chi connectivity index (χ3v) is 5.28. The molecule has 30 heavy (non-hydrogen) atoms. The number of para-hydroxylation sites is 1. The van der Waals surface area contributed by atoms with Crippen molar-refractivity contribution in [3.8, 4) is 17.2 Å². The monoisotopic (exact) mass is 412 g/mol. The van der Waals surface area contributed by atoms with Crippen LogP contribution in [0.15, 0.2) is 48.5 Å². The number of likely N-dealkylation sites (N-methyl/N-ethyl adjacent to an activating group) is 1. The van der Waals surface area contributed by atoms with E-state index < -0.39 is 6.04 Å². The van der Waals surface area contributed by atoms with Crippen LogP contribution in [-0.4, -0.2) is 68.6 Å². The molecule has 2 aromatic carbocycles. The summed E-state index contributed by atoms with van der Waals surface area (Å²) in [5.74, 6) is 1.78. The maximum absolute atomic E-state index is 12.8. The maximum atomic E-state index is 12.8. The lowest BCUT2D eigenvalue weighted by molar-refractivity contribution is -0.139. The topological polar surface area (TPSA) is 68.3 Å². The highest BCUT2D eigenvalue weighted by Gasteiger charge is 2.40. The van der Waals surface area contributed by atoms with Gasteiger partial charge in [0, 0.05) is 13.1 Å². The second-order valence-electron chi connectivity index (χ2n) is 7.18. The number of benzene rings is 2.